The van der Waals surface area contributed by atoms with Gasteiger partial charge in [0.05, 0.1) is 11.6 Å². The molecule has 2 aromatic rings. The van der Waals surface area contributed by atoms with Gasteiger partial charge in [-0.2, -0.15) is 31.6 Å². The molecule has 3 heterocycles. The van der Waals surface area contributed by atoms with Crippen LogP contribution in [-0.2, 0) is 6.42 Å². The maximum Gasteiger partial charge on any atom is 0.396 e. The highest BCUT2D eigenvalue weighted by atomic mass is 19.4. The summed E-state index contributed by atoms with van der Waals surface area (Å²) >= 11 is 0. The zero-order valence-electron chi connectivity index (χ0n) is 17.1. The van der Waals surface area contributed by atoms with E-state index < -0.39 is 24.7 Å². The number of anilines is 1. The van der Waals surface area contributed by atoms with E-state index in [1.807, 2.05) is 11.0 Å². The molecule has 0 bridgehead atoms. The van der Waals surface area contributed by atoms with E-state index in [9.17, 15) is 31.6 Å². The van der Waals surface area contributed by atoms with Gasteiger partial charge in [-0.05, 0) is 31.7 Å². The second-order valence-electron chi connectivity index (χ2n) is 8.36. The summed E-state index contributed by atoms with van der Waals surface area (Å²) in [6.07, 6.45) is -7.04. The van der Waals surface area contributed by atoms with Crippen LogP contribution in [0.1, 0.15) is 37.1 Å². The number of fused-ring (bicyclic) bond motifs is 1. The van der Waals surface area contributed by atoms with Crippen LogP contribution < -0.4 is 4.90 Å². The van der Waals surface area contributed by atoms with Crippen molar-refractivity contribution in [2.24, 2.45) is 5.92 Å². The molecule has 0 atom stereocenters. The average Bonchev–Trinajstić information content (AvgIpc) is 3.14. The Balaban J connectivity index is 1.44. The number of halogens is 6. The quantitative estimate of drug-likeness (QED) is 0.650. The standard InChI is InChI=1S/C20H22F6N6/c21-19(22,23)11-17-28-29-18-15(12-27)16(5-6-32(17)18)31-9-7-30(8-10-31)14-3-1-13(2-4-14)20(24,25)26/h5-6,13-14H,1-4,7-11H2/t13-,14-. The van der Waals surface area contributed by atoms with Crippen LogP contribution in [0.3, 0.4) is 0 Å². The van der Waals surface area contributed by atoms with Gasteiger partial charge < -0.3 is 4.90 Å². The van der Waals surface area contributed by atoms with E-state index in [0.29, 0.717) is 44.7 Å². The average molecular weight is 460 g/mol. The minimum atomic E-state index is -4.44. The lowest BCUT2D eigenvalue weighted by atomic mass is 9.84. The molecule has 2 fully saturated rings. The summed E-state index contributed by atoms with van der Waals surface area (Å²) in [4.78, 5) is 4.17. The number of alkyl halides is 6. The van der Waals surface area contributed by atoms with E-state index in [1.54, 1.807) is 6.07 Å². The highest BCUT2D eigenvalue weighted by Gasteiger charge is 2.42. The van der Waals surface area contributed by atoms with Crippen LogP contribution in [0.2, 0.25) is 0 Å². The lowest BCUT2D eigenvalue weighted by molar-refractivity contribution is -0.184. The van der Waals surface area contributed by atoms with Crippen LogP contribution in [0.4, 0.5) is 32.0 Å². The third kappa shape index (κ3) is 4.62. The molecule has 12 heteroatoms. The van der Waals surface area contributed by atoms with Gasteiger partial charge in [-0.3, -0.25) is 9.30 Å². The van der Waals surface area contributed by atoms with Gasteiger partial charge in [0.15, 0.2) is 5.65 Å². The van der Waals surface area contributed by atoms with Gasteiger partial charge in [-0.25, -0.2) is 0 Å². The molecule has 1 aliphatic heterocycles. The maximum atomic E-state index is 12.9. The van der Waals surface area contributed by atoms with Crippen molar-refractivity contribution in [1.82, 2.24) is 19.5 Å². The van der Waals surface area contributed by atoms with Crippen molar-refractivity contribution in [2.75, 3.05) is 31.1 Å². The zero-order valence-corrected chi connectivity index (χ0v) is 17.1. The molecule has 1 aliphatic carbocycles. The Morgan fingerprint density at radius 2 is 1.62 bits per heavy atom. The molecule has 4 rings (SSSR count). The van der Waals surface area contributed by atoms with Crippen LogP contribution in [0.25, 0.3) is 5.65 Å². The van der Waals surface area contributed by atoms with Gasteiger partial charge in [0.1, 0.15) is 23.9 Å². The SMILES string of the molecule is N#Cc1c(N2CCN([C@H]3CC[C@H](C(F)(F)F)CC3)CC2)ccn2c(CC(F)(F)F)nnc12. The Hall–Kier alpha value is -2.55. The third-order valence-corrected chi connectivity index (χ3v) is 6.43. The first-order valence-corrected chi connectivity index (χ1v) is 10.5. The minimum Gasteiger partial charge on any atom is -0.368 e. The first-order chi connectivity index (χ1) is 15.1. The molecule has 1 saturated heterocycles. The Morgan fingerprint density at radius 3 is 2.19 bits per heavy atom. The van der Waals surface area contributed by atoms with Gasteiger partial charge in [0, 0.05) is 38.4 Å². The third-order valence-electron chi connectivity index (χ3n) is 6.43. The molecule has 0 unspecified atom stereocenters. The summed E-state index contributed by atoms with van der Waals surface area (Å²) in [6.45, 7) is 2.41. The van der Waals surface area contributed by atoms with Crippen LogP contribution >= 0.6 is 0 Å². The van der Waals surface area contributed by atoms with Gasteiger partial charge >= 0.3 is 12.4 Å². The number of piperazine rings is 1. The molecule has 6 nitrogen and oxygen atoms in total. The first kappa shape index (κ1) is 22.6. The van der Waals surface area contributed by atoms with Crippen molar-refractivity contribution in [3.05, 3.63) is 23.7 Å². The van der Waals surface area contributed by atoms with Crippen molar-refractivity contribution in [3.8, 4) is 6.07 Å². The number of rotatable bonds is 3. The molecule has 0 N–H and O–H groups in total. The number of aromatic nitrogens is 3. The minimum absolute atomic E-state index is 0.0807. The van der Waals surface area contributed by atoms with E-state index in [4.69, 9.17) is 0 Å². The maximum absolute atomic E-state index is 12.9. The molecule has 1 saturated carbocycles. The van der Waals surface area contributed by atoms with E-state index in [-0.39, 0.29) is 35.9 Å². The highest BCUT2D eigenvalue weighted by Crippen LogP contribution is 2.39. The van der Waals surface area contributed by atoms with E-state index in [1.165, 1.54) is 10.6 Å². The Morgan fingerprint density at radius 1 is 0.969 bits per heavy atom. The van der Waals surface area contributed by atoms with Gasteiger partial charge in [-0.1, -0.05) is 0 Å². The largest absolute Gasteiger partial charge is 0.396 e. The molecule has 0 amide bonds. The normalized spacial score (nSPS) is 23.5. The number of nitriles is 1. The van der Waals surface area contributed by atoms with Crippen molar-refractivity contribution in [3.63, 3.8) is 0 Å². The summed E-state index contributed by atoms with van der Waals surface area (Å²) in [6, 6.07) is 3.76. The molecule has 0 radical (unpaired) electrons. The van der Waals surface area contributed by atoms with Crippen molar-refractivity contribution >= 4 is 11.3 Å². The molecule has 32 heavy (non-hydrogen) atoms. The number of hydrogen-bond acceptors (Lipinski definition) is 5. The monoisotopic (exact) mass is 460 g/mol. The van der Waals surface area contributed by atoms with E-state index in [0.717, 1.165) is 0 Å². The summed E-state index contributed by atoms with van der Waals surface area (Å²) in [5.41, 5.74) is 0.816. The Bertz CT molecular complexity index is 991. The van der Waals surface area contributed by atoms with E-state index >= 15 is 0 Å². The van der Waals surface area contributed by atoms with Crippen molar-refractivity contribution < 1.29 is 26.3 Å². The Kier molecular flexibility index (Phi) is 5.96. The molecule has 0 aromatic carbocycles. The summed E-state index contributed by atoms with van der Waals surface area (Å²) in [7, 11) is 0. The van der Waals surface area contributed by atoms with Crippen molar-refractivity contribution in [2.45, 2.75) is 50.5 Å². The van der Waals surface area contributed by atoms with Gasteiger partial charge in [-0.15, -0.1) is 10.2 Å². The second-order valence-corrected chi connectivity index (χ2v) is 8.36. The first-order valence-electron chi connectivity index (χ1n) is 10.5. The summed E-state index contributed by atoms with van der Waals surface area (Å²) in [5.74, 6) is -1.50. The fraction of sp³-hybridized carbons (Fsp3) is 0.650. The molecule has 2 aromatic heterocycles. The van der Waals surface area contributed by atoms with Crippen LogP contribution in [0, 0.1) is 17.2 Å². The smallest absolute Gasteiger partial charge is 0.368 e. The lowest BCUT2D eigenvalue weighted by Crippen LogP contribution is -2.51. The number of nitrogens with zero attached hydrogens (tertiary/aromatic N) is 6. The van der Waals surface area contributed by atoms with Gasteiger partial charge in [0.25, 0.3) is 0 Å². The molecule has 174 valence electrons. The lowest BCUT2D eigenvalue weighted by Gasteiger charge is -2.43. The fourth-order valence-electron chi connectivity index (χ4n) is 4.76. The Labute approximate surface area is 180 Å². The van der Waals surface area contributed by atoms with Crippen LogP contribution in [-0.4, -0.2) is 64.1 Å². The summed E-state index contributed by atoms with van der Waals surface area (Å²) in [5, 5.41) is 17.1. The topological polar surface area (TPSA) is 60.5 Å². The molecule has 0 spiro atoms. The zero-order chi connectivity index (χ0) is 23.1. The van der Waals surface area contributed by atoms with Gasteiger partial charge in [0.2, 0.25) is 0 Å². The molecular formula is C20H22F6N6. The predicted octanol–water partition coefficient (Wildman–Crippen LogP) is 3.95. The van der Waals surface area contributed by atoms with Crippen molar-refractivity contribution in [1.29, 1.82) is 5.26 Å². The molecular weight excluding hydrogens is 438 g/mol. The van der Waals surface area contributed by atoms with Crippen LogP contribution in [0.15, 0.2) is 12.3 Å². The number of hydrogen-bond donors (Lipinski definition) is 0. The fourth-order valence-corrected chi connectivity index (χ4v) is 4.76. The van der Waals surface area contributed by atoms with E-state index in [2.05, 4.69) is 15.1 Å². The second kappa shape index (κ2) is 8.42. The predicted molar refractivity (Wildman–Crippen MR) is 103 cm³/mol. The number of pyridine rings is 1. The van der Waals surface area contributed by atoms with Crippen LogP contribution in [0.5, 0.6) is 0 Å². The highest BCUT2D eigenvalue weighted by molar-refractivity contribution is 5.71. The summed E-state index contributed by atoms with van der Waals surface area (Å²) < 4.78 is 78.2. The molecule has 2 aliphatic rings.